The van der Waals surface area contributed by atoms with Crippen LogP contribution in [0.4, 0.5) is 0 Å². The molecule has 2 rings (SSSR count). The van der Waals surface area contributed by atoms with Crippen molar-refractivity contribution < 1.29 is 14.3 Å². The molecule has 2 atom stereocenters. The highest BCUT2D eigenvalue weighted by Gasteiger charge is 2.31. The molecule has 0 amide bonds. The van der Waals surface area contributed by atoms with Crippen molar-refractivity contribution in [2.75, 3.05) is 14.2 Å². The van der Waals surface area contributed by atoms with Crippen LogP contribution in [0.5, 0.6) is 5.75 Å². The number of methoxy groups -OCH3 is 2. The Morgan fingerprint density at radius 3 is 2.81 bits per heavy atom. The fraction of sp³-hybridized carbons (Fsp3) is 0.562. The van der Waals surface area contributed by atoms with Crippen molar-refractivity contribution in [2.45, 2.75) is 38.3 Å². The molecule has 21 heavy (non-hydrogen) atoms. The van der Waals surface area contributed by atoms with Crippen LogP contribution in [0.15, 0.2) is 18.2 Å². The van der Waals surface area contributed by atoms with E-state index in [1.54, 1.807) is 7.11 Å². The van der Waals surface area contributed by atoms with Gasteiger partial charge >= 0.3 is 5.97 Å². The van der Waals surface area contributed by atoms with Crippen LogP contribution in [-0.2, 0) is 16.1 Å². The van der Waals surface area contributed by atoms with E-state index >= 15 is 0 Å². The van der Waals surface area contributed by atoms with Gasteiger partial charge in [0.1, 0.15) is 5.75 Å². The number of carbonyl (C=O) groups is 1. The third-order valence-corrected chi connectivity index (χ3v) is 4.30. The molecule has 4 nitrogen and oxygen atoms in total. The van der Waals surface area contributed by atoms with Gasteiger partial charge in [0.2, 0.25) is 0 Å². The molecule has 2 unspecified atom stereocenters. The minimum absolute atomic E-state index is 0.0612. The van der Waals surface area contributed by atoms with Gasteiger partial charge in [0, 0.05) is 23.2 Å². The van der Waals surface area contributed by atoms with Crippen LogP contribution >= 0.6 is 11.6 Å². The van der Waals surface area contributed by atoms with E-state index in [4.69, 9.17) is 21.1 Å². The van der Waals surface area contributed by atoms with Gasteiger partial charge in [0.25, 0.3) is 0 Å². The fourth-order valence-electron chi connectivity index (χ4n) is 2.94. The van der Waals surface area contributed by atoms with Crippen LogP contribution < -0.4 is 10.1 Å². The molecule has 1 aliphatic carbocycles. The minimum atomic E-state index is -0.120. The summed E-state index contributed by atoms with van der Waals surface area (Å²) < 4.78 is 10.3. The molecule has 1 N–H and O–H groups in total. The Hall–Kier alpha value is -1.26. The highest BCUT2D eigenvalue weighted by molar-refractivity contribution is 6.30. The Bertz CT molecular complexity index is 492. The zero-order chi connectivity index (χ0) is 15.2. The van der Waals surface area contributed by atoms with Gasteiger partial charge in [0.15, 0.2) is 0 Å². The second-order valence-corrected chi connectivity index (χ2v) is 5.79. The summed E-state index contributed by atoms with van der Waals surface area (Å²) >= 11 is 6.04. The summed E-state index contributed by atoms with van der Waals surface area (Å²) in [7, 11) is 3.10. The van der Waals surface area contributed by atoms with Gasteiger partial charge in [-0.2, -0.15) is 0 Å². The predicted octanol–water partition coefficient (Wildman–Crippen LogP) is 3.17. The maximum absolute atomic E-state index is 11.9. The van der Waals surface area contributed by atoms with Crippen LogP contribution in [0.25, 0.3) is 0 Å². The third-order valence-electron chi connectivity index (χ3n) is 4.07. The summed E-state index contributed by atoms with van der Waals surface area (Å²) in [6, 6.07) is 5.71. The topological polar surface area (TPSA) is 47.6 Å². The molecular weight excluding hydrogens is 290 g/mol. The normalized spacial score (nSPS) is 21.9. The first-order valence-electron chi connectivity index (χ1n) is 7.29. The number of hydrogen-bond acceptors (Lipinski definition) is 4. The second-order valence-electron chi connectivity index (χ2n) is 5.36. The van der Waals surface area contributed by atoms with Crippen molar-refractivity contribution in [1.82, 2.24) is 5.32 Å². The standard InChI is InChI=1S/C16H22ClNO3/c1-20-15-8-7-12(17)9-11(15)10-18-14-6-4-3-5-13(14)16(19)21-2/h7-9,13-14,18H,3-6,10H2,1-2H3. The highest BCUT2D eigenvalue weighted by atomic mass is 35.5. The lowest BCUT2D eigenvalue weighted by Crippen LogP contribution is -2.42. The number of ether oxygens (including phenoxy) is 2. The molecule has 1 aromatic rings. The molecule has 1 aliphatic rings. The number of hydrogen-bond donors (Lipinski definition) is 1. The summed E-state index contributed by atoms with van der Waals surface area (Å²) in [5, 5.41) is 4.15. The molecule has 0 heterocycles. The van der Waals surface area contributed by atoms with Crippen LogP contribution in [0, 0.1) is 5.92 Å². The largest absolute Gasteiger partial charge is 0.496 e. The second kappa shape index (κ2) is 7.66. The molecule has 0 spiro atoms. The quantitative estimate of drug-likeness (QED) is 0.849. The molecule has 1 saturated carbocycles. The molecule has 1 fully saturated rings. The fourth-order valence-corrected chi connectivity index (χ4v) is 3.13. The van der Waals surface area contributed by atoms with E-state index in [0.29, 0.717) is 11.6 Å². The summed E-state index contributed by atoms with van der Waals surface area (Å²) in [5.41, 5.74) is 0.999. The van der Waals surface area contributed by atoms with E-state index < -0.39 is 0 Å². The summed E-state index contributed by atoms with van der Waals surface area (Å²) in [4.78, 5) is 11.9. The van der Waals surface area contributed by atoms with Crippen LogP contribution in [0.3, 0.4) is 0 Å². The summed E-state index contributed by atoms with van der Waals surface area (Å²) in [6.07, 6.45) is 4.09. The summed E-state index contributed by atoms with van der Waals surface area (Å²) in [6.45, 7) is 0.627. The average Bonchev–Trinajstić information content (AvgIpc) is 2.52. The van der Waals surface area contributed by atoms with Gasteiger partial charge in [-0.25, -0.2) is 0 Å². The summed E-state index contributed by atoms with van der Waals surface area (Å²) in [5.74, 6) is 0.622. The van der Waals surface area contributed by atoms with Crippen molar-refractivity contribution in [3.05, 3.63) is 28.8 Å². The number of benzene rings is 1. The molecule has 0 bridgehead atoms. The lowest BCUT2D eigenvalue weighted by atomic mass is 9.84. The monoisotopic (exact) mass is 311 g/mol. The highest BCUT2D eigenvalue weighted by Crippen LogP contribution is 2.27. The van der Waals surface area contributed by atoms with E-state index in [1.807, 2.05) is 18.2 Å². The number of esters is 1. The van der Waals surface area contributed by atoms with Crippen molar-refractivity contribution >= 4 is 17.6 Å². The zero-order valence-electron chi connectivity index (χ0n) is 12.5. The number of carbonyl (C=O) groups excluding carboxylic acids is 1. The number of nitrogens with one attached hydrogen (secondary N) is 1. The Morgan fingerprint density at radius 2 is 2.10 bits per heavy atom. The maximum Gasteiger partial charge on any atom is 0.310 e. The van der Waals surface area contributed by atoms with E-state index in [0.717, 1.165) is 37.0 Å². The Balaban J connectivity index is 2.03. The molecule has 1 aromatic carbocycles. The Morgan fingerprint density at radius 1 is 1.33 bits per heavy atom. The number of rotatable bonds is 5. The number of halogens is 1. The Labute approximate surface area is 130 Å². The molecule has 116 valence electrons. The minimum Gasteiger partial charge on any atom is -0.496 e. The average molecular weight is 312 g/mol. The molecule has 0 radical (unpaired) electrons. The lowest BCUT2D eigenvalue weighted by molar-refractivity contribution is -0.147. The predicted molar refractivity (Wildman–Crippen MR) is 82.6 cm³/mol. The van der Waals surface area contributed by atoms with E-state index in [1.165, 1.54) is 7.11 Å². The zero-order valence-corrected chi connectivity index (χ0v) is 13.3. The first-order chi connectivity index (χ1) is 10.2. The van der Waals surface area contributed by atoms with Crippen LogP contribution in [-0.4, -0.2) is 26.2 Å². The molecular formula is C16H22ClNO3. The molecule has 0 aliphatic heterocycles. The third kappa shape index (κ3) is 4.11. The maximum atomic E-state index is 11.9. The van der Waals surface area contributed by atoms with Crippen LogP contribution in [0.2, 0.25) is 5.02 Å². The van der Waals surface area contributed by atoms with Gasteiger partial charge in [0.05, 0.1) is 20.1 Å². The molecule has 0 saturated heterocycles. The van der Waals surface area contributed by atoms with Gasteiger partial charge in [-0.05, 0) is 31.0 Å². The van der Waals surface area contributed by atoms with Crippen molar-refractivity contribution in [3.8, 4) is 5.75 Å². The van der Waals surface area contributed by atoms with Gasteiger partial charge in [-0.1, -0.05) is 24.4 Å². The van der Waals surface area contributed by atoms with E-state index in [-0.39, 0.29) is 17.9 Å². The van der Waals surface area contributed by atoms with E-state index in [2.05, 4.69) is 5.32 Å². The Kier molecular flexibility index (Phi) is 5.88. The molecule has 5 heteroatoms. The van der Waals surface area contributed by atoms with Crippen molar-refractivity contribution in [1.29, 1.82) is 0 Å². The van der Waals surface area contributed by atoms with Crippen molar-refractivity contribution in [3.63, 3.8) is 0 Å². The van der Waals surface area contributed by atoms with Crippen LogP contribution in [0.1, 0.15) is 31.2 Å². The van der Waals surface area contributed by atoms with Crippen molar-refractivity contribution in [2.24, 2.45) is 5.92 Å². The first-order valence-corrected chi connectivity index (χ1v) is 7.67. The SMILES string of the molecule is COC(=O)C1CCCCC1NCc1cc(Cl)ccc1OC. The van der Waals surface area contributed by atoms with Gasteiger partial charge in [-0.15, -0.1) is 0 Å². The van der Waals surface area contributed by atoms with E-state index in [9.17, 15) is 4.79 Å². The first kappa shape index (κ1) is 16.1. The van der Waals surface area contributed by atoms with Gasteiger partial charge in [-0.3, -0.25) is 4.79 Å². The van der Waals surface area contributed by atoms with Gasteiger partial charge < -0.3 is 14.8 Å². The molecule has 0 aromatic heterocycles. The lowest BCUT2D eigenvalue weighted by Gasteiger charge is -2.30. The smallest absolute Gasteiger partial charge is 0.310 e.